The minimum atomic E-state index is -4.09. The van der Waals surface area contributed by atoms with Crippen molar-refractivity contribution in [2.75, 3.05) is 4.72 Å². The molecule has 0 amide bonds. The Bertz CT molecular complexity index is 686. The lowest BCUT2D eigenvalue weighted by Gasteiger charge is -2.05. The highest BCUT2D eigenvalue weighted by molar-refractivity contribution is 9.10. The van der Waals surface area contributed by atoms with Crippen molar-refractivity contribution in [1.29, 1.82) is 0 Å². The zero-order valence-corrected chi connectivity index (χ0v) is 11.4. The highest BCUT2D eigenvalue weighted by Gasteiger charge is 2.21. The molecule has 0 spiro atoms. The Balaban J connectivity index is 2.36. The number of hydrogen-bond acceptors (Lipinski definition) is 5. The molecular formula is C9H7BrFN3O3S. The van der Waals surface area contributed by atoms with Gasteiger partial charge in [-0.3, -0.25) is 0 Å². The summed E-state index contributed by atoms with van der Waals surface area (Å²) >= 11 is 3.04. The van der Waals surface area contributed by atoms with E-state index in [2.05, 4.69) is 30.6 Å². The van der Waals surface area contributed by atoms with E-state index in [0.29, 0.717) is 4.47 Å². The van der Waals surface area contributed by atoms with Crippen LogP contribution in [0, 0.1) is 12.7 Å². The summed E-state index contributed by atoms with van der Waals surface area (Å²) in [6.45, 7) is 1.53. The number of benzene rings is 1. The van der Waals surface area contributed by atoms with Crippen LogP contribution in [-0.2, 0) is 10.0 Å². The number of nitrogens with zero attached hydrogens (tertiary/aromatic N) is 2. The molecule has 0 aliphatic rings. The third-order valence-electron chi connectivity index (χ3n) is 1.93. The fourth-order valence-electron chi connectivity index (χ4n) is 1.20. The van der Waals surface area contributed by atoms with Gasteiger partial charge in [0.05, 0.1) is 0 Å². The zero-order valence-electron chi connectivity index (χ0n) is 9.02. The third-order valence-corrected chi connectivity index (χ3v) is 3.78. The van der Waals surface area contributed by atoms with Crippen LogP contribution < -0.4 is 4.72 Å². The highest BCUT2D eigenvalue weighted by atomic mass is 79.9. The summed E-state index contributed by atoms with van der Waals surface area (Å²) in [5, 5.41) is 3.42. The van der Waals surface area contributed by atoms with Gasteiger partial charge in [-0.15, -0.1) is 0 Å². The van der Waals surface area contributed by atoms with Crippen molar-refractivity contribution in [3.8, 4) is 0 Å². The van der Waals surface area contributed by atoms with Crippen LogP contribution in [0.15, 0.2) is 32.1 Å². The van der Waals surface area contributed by atoms with E-state index in [1.54, 1.807) is 0 Å². The summed E-state index contributed by atoms with van der Waals surface area (Å²) in [6.07, 6.45) is 0. The first kappa shape index (κ1) is 13.0. The van der Waals surface area contributed by atoms with E-state index in [-0.39, 0.29) is 11.8 Å². The first-order valence-electron chi connectivity index (χ1n) is 4.67. The predicted molar refractivity (Wildman–Crippen MR) is 63.9 cm³/mol. The fourth-order valence-corrected chi connectivity index (χ4v) is 2.52. The molecule has 0 fully saturated rings. The van der Waals surface area contributed by atoms with E-state index in [1.165, 1.54) is 13.0 Å². The minimum absolute atomic E-state index is 0.268. The third kappa shape index (κ3) is 2.67. The monoisotopic (exact) mass is 335 g/mol. The molecule has 2 aromatic rings. The van der Waals surface area contributed by atoms with E-state index >= 15 is 0 Å². The van der Waals surface area contributed by atoms with Gasteiger partial charge in [0.1, 0.15) is 10.7 Å². The first-order chi connectivity index (χ1) is 8.38. The van der Waals surface area contributed by atoms with Gasteiger partial charge in [0.25, 0.3) is 10.0 Å². The zero-order chi connectivity index (χ0) is 13.3. The maximum atomic E-state index is 13.5. The lowest BCUT2D eigenvalue weighted by molar-refractivity contribution is 0.429. The van der Waals surface area contributed by atoms with Crippen LogP contribution in [0.2, 0.25) is 0 Å². The van der Waals surface area contributed by atoms with E-state index in [1.807, 2.05) is 4.72 Å². The molecule has 96 valence electrons. The van der Waals surface area contributed by atoms with Gasteiger partial charge >= 0.3 is 6.01 Å². The number of nitrogens with one attached hydrogen (secondary N) is 1. The van der Waals surface area contributed by atoms with E-state index < -0.39 is 20.7 Å². The van der Waals surface area contributed by atoms with Crippen molar-refractivity contribution in [1.82, 2.24) is 10.1 Å². The molecular weight excluding hydrogens is 329 g/mol. The van der Waals surface area contributed by atoms with Gasteiger partial charge in [0.15, 0.2) is 5.82 Å². The number of sulfonamides is 1. The normalized spacial score (nSPS) is 11.5. The second-order valence-corrected chi connectivity index (χ2v) is 5.89. The molecule has 1 N–H and O–H groups in total. The van der Waals surface area contributed by atoms with Gasteiger partial charge in [0.2, 0.25) is 0 Å². The lowest BCUT2D eigenvalue weighted by atomic mass is 10.3. The molecule has 1 heterocycles. The van der Waals surface area contributed by atoms with Gasteiger partial charge in [-0.05, 0) is 25.1 Å². The van der Waals surface area contributed by atoms with Crippen LogP contribution in [-0.4, -0.2) is 18.6 Å². The van der Waals surface area contributed by atoms with Crippen LogP contribution in [0.25, 0.3) is 0 Å². The topological polar surface area (TPSA) is 85.1 Å². The number of aryl methyl sites for hydroxylation is 1. The number of hydrogen-bond donors (Lipinski definition) is 1. The van der Waals surface area contributed by atoms with Crippen LogP contribution in [0.1, 0.15) is 5.82 Å². The largest absolute Gasteiger partial charge is 0.335 e. The molecule has 1 aromatic carbocycles. The van der Waals surface area contributed by atoms with Crippen molar-refractivity contribution in [3.63, 3.8) is 0 Å². The number of halogens is 2. The SMILES string of the molecule is Cc1noc(NS(=O)(=O)c2ccc(Br)cc2F)n1. The summed E-state index contributed by atoms with van der Waals surface area (Å²) in [5.41, 5.74) is 0. The molecule has 0 saturated heterocycles. The van der Waals surface area contributed by atoms with E-state index in [0.717, 1.165) is 12.1 Å². The van der Waals surface area contributed by atoms with Gasteiger partial charge in [-0.2, -0.15) is 4.98 Å². The summed E-state index contributed by atoms with van der Waals surface area (Å²) in [4.78, 5) is 3.17. The summed E-state index contributed by atoms with van der Waals surface area (Å²) in [7, 11) is -4.09. The second kappa shape index (κ2) is 4.65. The Morgan fingerprint density at radius 2 is 2.17 bits per heavy atom. The first-order valence-corrected chi connectivity index (χ1v) is 6.94. The Labute approximate surface area is 110 Å². The Hall–Kier alpha value is -1.48. The van der Waals surface area contributed by atoms with Crippen LogP contribution in [0.5, 0.6) is 0 Å². The number of aromatic nitrogens is 2. The van der Waals surface area contributed by atoms with Gasteiger partial charge in [-0.1, -0.05) is 21.1 Å². The second-order valence-electron chi connectivity index (χ2n) is 3.33. The number of rotatable bonds is 3. The Morgan fingerprint density at radius 3 is 2.72 bits per heavy atom. The Morgan fingerprint density at radius 1 is 1.44 bits per heavy atom. The molecule has 0 aliphatic carbocycles. The molecule has 0 aliphatic heterocycles. The van der Waals surface area contributed by atoms with Crippen LogP contribution in [0.4, 0.5) is 10.4 Å². The van der Waals surface area contributed by atoms with Crippen LogP contribution in [0.3, 0.4) is 0 Å². The Kier molecular flexibility index (Phi) is 3.35. The highest BCUT2D eigenvalue weighted by Crippen LogP contribution is 2.21. The molecule has 0 unspecified atom stereocenters. The average molecular weight is 336 g/mol. The van der Waals surface area contributed by atoms with Crippen molar-refractivity contribution in [2.45, 2.75) is 11.8 Å². The van der Waals surface area contributed by atoms with Crippen molar-refractivity contribution in [2.24, 2.45) is 0 Å². The van der Waals surface area contributed by atoms with E-state index in [9.17, 15) is 12.8 Å². The molecule has 0 radical (unpaired) electrons. The molecule has 9 heteroatoms. The predicted octanol–water partition coefficient (Wildman–Crippen LogP) is 2.08. The molecule has 0 atom stereocenters. The standard InChI is InChI=1S/C9H7BrFN3O3S/c1-5-12-9(17-13-5)14-18(15,16)8-3-2-6(10)4-7(8)11/h2-4H,1H3,(H,12,13,14). The number of anilines is 1. The summed E-state index contributed by atoms with van der Waals surface area (Å²) in [5.74, 6) is -0.614. The van der Waals surface area contributed by atoms with Gasteiger partial charge in [-0.25, -0.2) is 17.5 Å². The van der Waals surface area contributed by atoms with Crippen molar-refractivity contribution >= 4 is 32.0 Å². The minimum Gasteiger partial charge on any atom is -0.314 e. The molecule has 0 bridgehead atoms. The molecule has 2 rings (SSSR count). The van der Waals surface area contributed by atoms with Crippen LogP contribution >= 0.6 is 15.9 Å². The summed E-state index contributed by atoms with van der Waals surface area (Å²) < 4.78 is 44.3. The average Bonchev–Trinajstić information content (AvgIpc) is 2.62. The van der Waals surface area contributed by atoms with Gasteiger partial charge in [0, 0.05) is 4.47 Å². The van der Waals surface area contributed by atoms with Gasteiger partial charge < -0.3 is 4.52 Å². The van der Waals surface area contributed by atoms with Crippen molar-refractivity contribution < 1.29 is 17.3 Å². The van der Waals surface area contributed by atoms with Crippen molar-refractivity contribution in [3.05, 3.63) is 34.3 Å². The maximum Gasteiger partial charge on any atom is 0.335 e. The molecule has 18 heavy (non-hydrogen) atoms. The van der Waals surface area contributed by atoms with E-state index in [4.69, 9.17) is 0 Å². The quantitative estimate of drug-likeness (QED) is 0.928. The smallest absolute Gasteiger partial charge is 0.314 e. The lowest BCUT2D eigenvalue weighted by Crippen LogP contribution is -2.14. The molecule has 6 nitrogen and oxygen atoms in total. The summed E-state index contributed by atoms with van der Waals surface area (Å²) in [6, 6.07) is 3.28. The maximum absolute atomic E-state index is 13.5. The fraction of sp³-hybridized carbons (Fsp3) is 0.111. The molecule has 0 saturated carbocycles. The molecule has 1 aromatic heterocycles.